The van der Waals surface area contributed by atoms with Gasteiger partial charge in [0.1, 0.15) is 12.8 Å². The maximum atomic E-state index is 11.1. The van der Waals surface area contributed by atoms with Crippen molar-refractivity contribution in [3.8, 4) is 0 Å². The topological polar surface area (TPSA) is 69.6 Å². The third-order valence-electron chi connectivity index (χ3n) is 1.88. The van der Waals surface area contributed by atoms with E-state index in [1.807, 2.05) is 6.92 Å². The minimum absolute atomic E-state index is 0.309. The minimum atomic E-state index is -0.499. The summed E-state index contributed by atoms with van der Waals surface area (Å²) in [4.78, 5) is 23.1. The first kappa shape index (κ1) is 8.99. The van der Waals surface area contributed by atoms with Crippen LogP contribution in [-0.4, -0.2) is 34.7 Å². The van der Waals surface area contributed by atoms with Crippen molar-refractivity contribution in [1.29, 1.82) is 0 Å². The fourth-order valence-electron chi connectivity index (χ4n) is 1.27. The molecule has 1 saturated heterocycles. The van der Waals surface area contributed by atoms with E-state index in [-0.39, 0.29) is 5.91 Å². The molecule has 0 spiro atoms. The van der Waals surface area contributed by atoms with Crippen molar-refractivity contribution < 1.29 is 14.7 Å². The van der Waals surface area contributed by atoms with E-state index in [1.54, 1.807) is 0 Å². The van der Waals surface area contributed by atoms with Gasteiger partial charge in [-0.05, 0) is 6.42 Å². The van der Waals surface area contributed by atoms with Crippen LogP contribution in [0.2, 0.25) is 0 Å². The number of amides is 3. The summed E-state index contributed by atoms with van der Waals surface area (Å²) in [5.74, 6) is -0.309. The quantitative estimate of drug-likeness (QED) is 0.572. The molecule has 1 rings (SSSR count). The van der Waals surface area contributed by atoms with E-state index in [1.165, 1.54) is 0 Å². The van der Waals surface area contributed by atoms with E-state index in [4.69, 9.17) is 5.11 Å². The molecule has 1 heterocycles. The molecular weight excluding hydrogens is 160 g/mol. The Labute approximate surface area is 70.4 Å². The van der Waals surface area contributed by atoms with Crippen LogP contribution in [0.3, 0.4) is 0 Å². The Morgan fingerprint density at radius 2 is 2.25 bits per heavy atom. The van der Waals surface area contributed by atoms with E-state index >= 15 is 0 Å². The predicted octanol–water partition coefficient (Wildman–Crippen LogP) is -0.343. The second-order valence-electron chi connectivity index (χ2n) is 2.71. The number of hydrogen-bond acceptors (Lipinski definition) is 3. The first-order chi connectivity index (χ1) is 5.70. The summed E-state index contributed by atoms with van der Waals surface area (Å²) < 4.78 is 0. The molecule has 0 aromatic heterocycles. The largest absolute Gasteiger partial charge is 0.376 e. The Morgan fingerprint density at radius 1 is 1.58 bits per heavy atom. The van der Waals surface area contributed by atoms with Crippen LogP contribution in [0.25, 0.3) is 0 Å². The lowest BCUT2D eigenvalue weighted by Crippen LogP contribution is -2.35. The zero-order chi connectivity index (χ0) is 9.14. The van der Waals surface area contributed by atoms with Crippen molar-refractivity contribution >= 4 is 11.9 Å². The number of hydrogen-bond donors (Lipinski definition) is 2. The van der Waals surface area contributed by atoms with Crippen LogP contribution in [0.1, 0.15) is 19.8 Å². The third kappa shape index (κ3) is 1.40. The van der Waals surface area contributed by atoms with Gasteiger partial charge in [-0.1, -0.05) is 13.3 Å². The summed E-state index contributed by atoms with van der Waals surface area (Å²) >= 11 is 0. The molecule has 0 aliphatic carbocycles. The Balaban J connectivity index is 2.68. The predicted molar refractivity (Wildman–Crippen MR) is 41.2 cm³/mol. The van der Waals surface area contributed by atoms with E-state index in [0.717, 1.165) is 11.3 Å². The molecule has 0 radical (unpaired) electrons. The van der Waals surface area contributed by atoms with Gasteiger partial charge < -0.3 is 5.11 Å². The Bertz CT molecular complexity index is 205. The molecule has 1 aliphatic rings. The summed E-state index contributed by atoms with van der Waals surface area (Å²) in [7, 11) is 0. The molecule has 2 N–H and O–H groups in total. The maximum absolute atomic E-state index is 11.1. The first-order valence-corrected chi connectivity index (χ1v) is 3.93. The molecule has 5 heteroatoms. The maximum Gasteiger partial charge on any atom is 0.326 e. The van der Waals surface area contributed by atoms with Gasteiger partial charge in [0.05, 0.1) is 0 Å². The van der Waals surface area contributed by atoms with Crippen LogP contribution < -0.4 is 5.32 Å². The number of rotatable bonds is 3. The fourth-order valence-corrected chi connectivity index (χ4v) is 1.27. The van der Waals surface area contributed by atoms with E-state index < -0.39 is 18.8 Å². The van der Waals surface area contributed by atoms with E-state index in [2.05, 4.69) is 5.32 Å². The molecule has 3 amide bonds. The SMILES string of the molecule is CCC[C@@H]1C(=O)NC(=O)N1CO. The third-order valence-corrected chi connectivity index (χ3v) is 1.88. The van der Waals surface area contributed by atoms with Gasteiger partial charge in [-0.3, -0.25) is 15.0 Å². The van der Waals surface area contributed by atoms with Gasteiger partial charge in [0.15, 0.2) is 0 Å². The fraction of sp³-hybridized carbons (Fsp3) is 0.714. The van der Waals surface area contributed by atoms with Crippen molar-refractivity contribution in [3.63, 3.8) is 0 Å². The molecule has 0 bridgehead atoms. The second-order valence-corrected chi connectivity index (χ2v) is 2.71. The van der Waals surface area contributed by atoms with E-state index in [0.29, 0.717) is 6.42 Å². The van der Waals surface area contributed by atoms with Crippen LogP contribution in [0.15, 0.2) is 0 Å². The number of urea groups is 1. The molecule has 1 fully saturated rings. The van der Waals surface area contributed by atoms with Crippen molar-refractivity contribution in [1.82, 2.24) is 10.2 Å². The summed E-state index contributed by atoms with van der Waals surface area (Å²) in [5, 5.41) is 10.9. The van der Waals surface area contributed by atoms with Crippen LogP contribution in [0, 0.1) is 0 Å². The highest BCUT2D eigenvalue weighted by Crippen LogP contribution is 2.12. The molecule has 1 aliphatic heterocycles. The molecular formula is C7H12N2O3. The summed E-state index contributed by atoms with van der Waals surface area (Å²) in [5.41, 5.74) is 0. The van der Waals surface area contributed by atoms with Crippen LogP contribution in [0.5, 0.6) is 0 Å². The summed E-state index contributed by atoms with van der Waals surface area (Å²) in [6.45, 7) is 1.52. The van der Waals surface area contributed by atoms with Gasteiger partial charge in [0, 0.05) is 0 Å². The van der Waals surface area contributed by atoms with Gasteiger partial charge in [0.25, 0.3) is 5.91 Å². The lowest BCUT2D eigenvalue weighted by atomic mass is 10.1. The van der Waals surface area contributed by atoms with Crippen molar-refractivity contribution in [2.45, 2.75) is 25.8 Å². The van der Waals surface area contributed by atoms with Crippen molar-refractivity contribution in [2.75, 3.05) is 6.73 Å². The highest BCUT2D eigenvalue weighted by molar-refractivity contribution is 6.04. The number of nitrogens with one attached hydrogen (secondary N) is 1. The number of carbonyl (C=O) groups is 2. The van der Waals surface area contributed by atoms with Crippen LogP contribution >= 0.6 is 0 Å². The van der Waals surface area contributed by atoms with Crippen LogP contribution in [0.4, 0.5) is 4.79 Å². The van der Waals surface area contributed by atoms with Crippen LogP contribution in [-0.2, 0) is 4.79 Å². The molecule has 12 heavy (non-hydrogen) atoms. The Kier molecular flexibility index (Phi) is 2.65. The number of carbonyl (C=O) groups excluding carboxylic acids is 2. The average Bonchev–Trinajstić information content (AvgIpc) is 2.28. The lowest BCUT2D eigenvalue weighted by Gasteiger charge is -2.17. The van der Waals surface area contributed by atoms with Crippen molar-refractivity contribution in [3.05, 3.63) is 0 Å². The highest BCUT2D eigenvalue weighted by atomic mass is 16.3. The van der Waals surface area contributed by atoms with E-state index in [9.17, 15) is 9.59 Å². The molecule has 68 valence electrons. The zero-order valence-electron chi connectivity index (χ0n) is 6.91. The lowest BCUT2D eigenvalue weighted by molar-refractivity contribution is -0.122. The zero-order valence-corrected chi connectivity index (χ0v) is 6.91. The Hall–Kier alpha value is -1.10. The number of aliphatic hydroxyl groups excluding tert-OH is 1. The number of aliphatic hydroxyl groups is 1. The molecule has 0 unspecified atom stereocenters. The van der Waals surface area contributed by atoms with Gasteiger partial charge in [-0.15, -0.1) is 0 Å². The Morgan fingerprint density at radius 3 is 2.75 bits per heavy atom. The number of nitrogens with zero attached hydrogens (tertiary/aromatic N) is 1. The van der Waals surface area contributed by atoms with Gasteiger partial charge in [0.2, 0.25) is 0 Å². The van der Waals surface area contributed by atoms with Crippen molar-refractivity contribution in [2.24, 2.45) is 0 Å². The molecule has 0 saturated carbocycles. The monoisotopic (exact) mass is 172 g/mol. The normalized spacial score (nSPS) is 23.2. The second kappa shape index (κ2) is 3.53. The summed E-state index contributed by atoms with van der Waals surface area (Å²) in [6.07, 6.45) is 1.40. The molecule has 0 aromatic rings. The highest BCUT2D eigenvalue weighted by Gasteiger charge is 2.36. The molecule has 0 aromatic carbocycles. The number of imide groups is 1. The molecule has 1 atom stereocenters. The standard InChI is InChI=1S/C7H12N2O3/c1-2-3-5-6(11)8-7(12)9(5)4-10/h5,10H,2-4H2,1H3,(H,8,11,12)/t5-/m1/s1. The van der Waals surface area contributed by atoms with Gasteiger partial charge >= 0.3 is 6.03 Å². The smallest absolute Gasteiger partial charge is 0.326 e. The van der Waals surface area contributed by atoms with Gasteiger partial charge in [-0.25, -0.2) is 4.79 Å². The van der Waals surface area contributed by atoms with Gasteiger partial charge in [-0.2, -0.15) is 0 Å². The summed E-state index contributed by atoms with van der Waals surface area (Å²) in [6, 6.07) is -0.978. The minimum Gasteiger partial charge on any atom is -0.376 e. The average molecular weight is 172 g/mol. The first-order valence-electron chi connectivity index (χ1n) is 3.93. The molecule has 5 nitrogen and oxygen atoms in total.